The Morgan fingerprint density at radius 2 is 1.82 bits per heavy atom. The average Bonchev–Trinajstić information content (AvgIpc) is 2.55. The van der Waals surface area contributed by atoms with Crippen LogP contribution in [0.25, 0.3) is 0 Å². The second-order valence-electron chi connectivity index (χ2n) is 5.74. The molecule has 0 heterocycles. The van der Waals surface area contributed by atoms with Gasteiger partial charge in [-0.2, -0.15) is 0 Å². The molecular formula is C18H18Cl3N. The van der Waals surface area contributed by atoms with Gasteiger partial charge >= 0.3 is 0 Å². The zero-order chi connectivity index (χ0) is 15.7. The number of halogens is 3. The molecule has 3 rings (SSSR count). The van der Waals surface area contributed by atoms with Crippen molar-refractivity contribution in [1.82, 2.24) is 5.32 Å². The van der Waals surface area contributed by atoms with Gasteiger partial charge in [0.1, 0.15) is 0 Å². The van der Waals surface area contributed by atoms with Crippen molar-refractivity contribution < 1.29 is 0 Å². The number of hydrogen-bond acceptors (Lipinski definition) is 1. The van der Waals surface area contributed by atoms with Crippen molar-refractivity contribution in [2.24, 2.45) is 0 Å². The van der Waals surface area contributed by atoms with E-state index in [0.29, 0.717) is 27.9 Å². The first-order valence-electron chi connectivity index (χ1n) is 7.45. The lowest BCUT2D eigenvalue weighted by molar-refractivity contribution is 0.470. The van der Waals surface area contributed by atoms with E-state index in [9.17, 15) is 0 Å². The van der Waals surface area contributed by atoms with Crippen molar-refractivity contribution in [3.63, 3.8) is 0 Å². The molecule has 1 aliphatic rings. The van der Waals surface area contributed by atoms with Crippen LogP contribution in [0.15, 0.2) is 36.4 Å². The summed E-state index contributed by atoms with van der Waals surface area (Å²) in [6.45, 7) is 0. The fourth-order valence-electron chi connectivity index (χ4n) is 3.35. The summed E-state index contributed by atoms with van der Waals surface area (Å²) in [7, 11) is 2.02. The summed E-state index contributed by atoms with van der Waals surface area (Å²) in [6, 6.07) is 12.9. The van der Waals surface area contributed by atoms with Gasteiger partial charge in [-0.15, -0.1) is 11.6 Å². The van der Waals surface area contributed by atoms with E-state index >= 15 is 0 Å². The maximum atomic E-state index is 6.20. The number of fused-ring (bicyclic) bond motifs is 1. The Hall–Kier alpha value is -0.730. The Morgan fingerprint density at radius 3 is 2.50 bits per heavy atom. The van der Waals surface area contributed by atoms with Crippen LogP contribution in [0.3, 0.4) is 0 Å². The van der Waals surface area contributed by atoms with Crippen LogP contribution in [0, 0.1) is 0 Å². The van der Waals surface area contributed by atoms with Gasteiger partial charge in [0.15, 0.2) is 0 Å². The fraction of sp³-hybridized carbons (Fsp3) is 0.333. The van der Waals surface area contributed by atoms with Gasteiger partial charge in [0.25, 0.3) is 0 Å². The topological polar surface area (TPSA) is 12.0 Å². The first-order valence-corrected chi connectivity index (χ1v) is 8.74. The molecule has 0 spiro atoms. The predicted octanol–water partition coefficient (Wildman–Crippen LogP) is 5.92. The van der Waals surface area contributed by atoms with Gasteiger partial charge in [0.2, 0.25) is 0 Å². The zero-order valence-corrected chi connectivity index (χ0v) is 14.6. The average molecular weight is 355 g/mol. The molecule has 0 aliphatic heterocycles. The highest BCUT2D eigenvalue weighted by Crippen LogP contribution is 2.42. The summed E-state index contributed by atoms with van der Waals surface area (Å²) >= 11 is 18.2. The van der Waals surface area contributed by atoms with Gasteiger partial charge in [-0.05, 0) is 54.3 Å². The molecule has 2 aromatic carbocycles. The predicted molar refractivity (Wildman–Crippen MR) is 95.3 cm³/mol. The van der Waals surface area contributed by atoms with Crippen LogP contribution >= 0.6 is 34.8 Å². The molecule has 0 fully saturated rings. The Morgan fingerprint density at radius 1 is 1.00 bits per heavy atom. The number of nitrogens with one attached hydrogen (secondary N) is 1. The summed E-state index contributed by atoms with van der Waals surface area (Å²) in [4.78, 5) is 0. The molecule has 0 saturated carbocycles. The minimum Gasteiger partial charge on any atom is -0.313 e. The highest BCUT2D eigenvalue weighted by atomic mass is 35.5. The Bertz CT molecular complexity index is 684. The van der Waals surface area contributed by atoms with Crippen molar-refractivity contribution in [1.29, 1.82) is 0 Å². The number of rotatable bonds is 3. The molecule has 116 valence electrons. The molecule has 0 saturated heterocycles. The van der Waals surface area contributed by atoms with E-state index in [0.717, 1.165) is 18.4 Å². The number of alkyl halides is 1. The normalized spacial score (nSPS) is 20.7. The van der Waals surface area contributed by atoms with Crippen molar-refractivity contribution in [2.75, 3.05) is 7.05 Å². The SMILES string of the molecule is CNC1CCC(c2ccc(Cl)c(Cl)c2)c2ccc(CCl)cc21. The molecule has 4 heteroatoms. The third-order valence-electron chi connectivity index (χ3n) is 4.49. The van der Waals surface area contributed by atoms with E-state index < -0.39 is 0 Å². The van der Waals surface area contributed by atoms with Gasteiger partial charge in [-0.1, -0.05) is 47.5 Å². The Labute approximate surface area is 146 Å². The fourth-order valence-corrected chi connectivity index (χ4v) is 3.82. The molecule has 1 nitrogen and oxygen atoms in total. The molecule has 22 heavy (non-hydrogen) atoms. The number of benzene rings is 2. The molecule has 0 radical (unpaired) electrons. The molecule has 2 unspecified atom stereocenters. The first-order chi connectivity index (χ1) is 10.6. The Kier molecular flexibility index (Phi) is 4.99. The van der Waals surface area contributed by atoms with Gasteiger partial charge in [-0.25, -0.2) is 0 Å². The molecule has 1 N–H and O–H groups in total. The minimum absolute atomic E-state index is 0.360. The molecule has 0 bridgehead atoms. The molecular weight excluding hydrogens is 337 g/mol. The summed E-state index contributed by atoms with van der Waals surface area (Å²) in [5.41, 5.74) is 5.10. The smallest absolute Gasteiger partial charge is 0.0595 e. The van der Waals surface area contributed by atoms with Crippen LogP contribution in [0.1, 0.15) is 47.1 Å². The van der Waals surface area contributed by atoms with E-state index in [1.165, 1.54) is 16.7 Å². The molecule has 0 amide bonds. The second kappa shape index (κ2) is 6.80. The molecule has 1 aliphatic carbocycles. The van der Waals surface area contributed by atoms with Crippen molar-refractivity contribution in [3.05, 3.63) is 68.7 Å². The van der Waals surface area contributed by atoms with E-state index in [1.807, 2.05) is 19.2 Å². The minimum atomic E-state index is 0.360. The molecule has 0 aromatic heterocycles. The van der Waals surface area contributed by atoms with E-state index in [2.05, 4.69) is 29.6 Å². The third kappa shape index (κ3) is 3.00. The van der Waals surface area contributed by atoms with Gasteiger partial charge < -0.3 is 5.32 Å². The van der Waals surface area contributed by atoms with Crippen molar-refractivity contribution in [2.45, 2.75) is 30.7 Å². The van der Waals surface area contributed by atoms with Crippen LogP contribution in [-0.4, -0.2) is 7.05 Å². The van der Waals surface area contributed by atoms with Crippen LogP contribution in [-0.2, 0) is 5.88 Å². The standard InChI is InChI=1S/C18H18Cl3N/c1-22-18-7-5-13(12-3-6-16(20)17(21)9-12)14-4-2-11(10-19)8-15(14)18/h2-4,6,8-9,13,18,22H,5,7,10H2,1H3. The number of hydrogen-bond donors (Lipinski definition) is 1. The lowest BCUT2D eigenvalue weighted by atomic mass is 9.76. The lowest BCUT2D eigenvalue weighted by Crippen LogP contribution is -2.24. The van der Waals surface area contributed by atoms with Crippen LogP contribution < -0.4 is 5.32 Å². The zero-order valence-electron chi connectivity index (χ0n) is 12.4. The van der Waals surface area contributed by atoms with Crippen LogP contribution in [0.2, 0.25) is 10.0 Å². The summed E-state index contributed by atoms with van der Waals surface area (Å²) < 4.78 is 0. The quantitative estimate of drug-likeness (QED) is 0.675. The lowest BCUT2D eigenvalue weighted by Gasteiger charge is -2.32. The Balaban J connectivity index is 2.06. The monoisotopic (exact) mass is 353 g/mol. The second-order valence-corrected chi connectivity index (χ2v) is 6.82. The van der Waals surface area contributed by atoms with Crippen LogP contribution in [0.5, 0.6) is 0 Å². The third-order valence-corrected chi connectivity index (χ3v) is 5.54. The molecule has 2 atom stereocenters. The van der Waals surface area contributed by atoms with E-state index in [1.54, 1.807) is 0 Å². The van der Waals surface area contributed by atoms with E-state index in [-0.39, 0.29) is 0 Å². The maximum absolute atomic E-state index is 6.20. The van der Waals surface area contributed by atoms with Crippen molar-refractivity contribution in [3.8, 4) is 0 Å². The van der Waals surface area contributed by atoms with E-state index in [4.69, 9.17) is 34.8 Å². The highest BCUT2D eigenvalue weighted by molar-refractivity contribution is 6.42. The summed E-state index contributed by atoms with van der Waals surface area (Å²) in [5.74, 6) is 0.903. The van der Waals surface area contributed by atoms with Crippen molar-refractivity contribution >= 4 is 34.8 Å². The molecule has 2 aromatic rings. The van der Waals surface area contributed by atoms with Gasteiger partial charge in [0.05, 0.1) is 10.0 Å². The largest absolute Gasteiger partial charge is 0.313 e. The summed E-state index contributed by atoms with van der Waals surface area (Å²) in [6.07, 6.45) is 2.19. The first kappa shape index (κ1) is 16.1. The van der Waals surface area contributed by atoms with Gasteiger partial charge in [0, 0.05) is 17.8 Å². The summed E-state index contributed by atoms with van der Waals surface area (Å²) in [5, 5.41) is 4.64. The van der Waals surface area contributed by atoms with Crippen LogP contribution in [0.4, 0.5) is 0 Å². The highest BCUT2D eigenvalue weighted by Gasteiger charge is 2.27. The van der Waals surface area contributed by atoms with Gasteiger partial charge in [-0.3, -0.25) is 0 Å². The maximum Gasteiger partial charge on any atom is 0.0595 e.